The van der Waals surface area contributed by atoms with E-state index in [0.717, 1.165) is 5.56 Å². The van der Waals surface area contributed by atoms with Gasteiger partial charge >= 0.3 is 5.97 Å². The van der Waals surface area contributed by atoms with Gasteiger partial charge in [-0.25, -0.2) is 4.79 Å². The third-order valence-electron chi connectivity index (χ3n) is 3.87. The summed E-state index contributed by atoms with van der Waals surface area (Å²) in [5, 5.41) is 0. The summed E-state index contributed by atoms with van der Waals surface area (Å²) < 4.78 is 16.9. The number of carbonyl (C=O) groups excluding carboxylic acids is 1. The van der Waals surface area contributed by atoms with Gasteiger partial charge in [0.2, 0.25) is 0 Å². The fourth-order valence-electron chi connectivity index (χ4n) is 2.75. The van der Waals surface area contributed by atoms with Gasteiger partial charge in [-0.1, -0.05) is 31.7 Å². The van der Waals surface area contributed by atoms with Crippen LogP contribution in [0.2, 0.25) is 0 Å². The first-order valence-electron chi connectivity index (χ1n) is 6.85. The molecule has 0 radical (unpaired) electrons. The van der Waals surface area contributed by atoms with Gasteiger partial charge in [-0.3, -0.25) is 0 Å². The minimum atomic E-state index is -0.342. The fourth-order valence-corrected chi connectivity index (χ4v) is 2.75. The molecule has 0 spiro atoms. The molecular formula is C16H18O4. The van der Waals surface area contributed by atoms with E-state index < -0.39 is 0 Å². The molecule has 0 aromatic heterocycles. The van der Waals surface area contributed by atoms with Gasteiger partial charge in [-0.05, 0) is 17.7 Å². The van der Waals surface area contributed by atoms with Crippen molar-refractivity contribution in [3.63, 3.8) is 0 Å². The normalized spacial score (nSPS) is 31.9. The molecule has 4 heteroatoms. The third kappa shape index (κ3) is 2.37. The number of esters is 1. The van der Waals surface area contributed by atoms with Crippen LogP contribution in [0.15, 0.2) is 30.8 Å². The number of hydrogen-bond acceptors (Lipinski definition) is 4. The smallest absolute Gasteiger partial charge is 0.338 e. The Morgan fingerprint density at radius 2 is 2.15 bits per heavy atom. The molecule has 2 aliphatic heterocycles. The number of fused-ring (bicyclic) bond motifs is 1. The molecule has 0 saturated carbocycles. The molecule has 0 N–H and O–H groups in total. The van der Waals surface area contributed by atoms with Crippen molar-refractivity contribution >= 4 is 12.0 Å². The van der Waals surface area contributed by atoms with Crippen molar-refractivity contribution in [3.05, 3.63) is 42.0 Å². The van der Waals surface area contributed by atoms with E-state index in [1.807, 2.05) is 12.1 Å². The Bertz CT molecular complexity index is 525. The molecule has 1 aromatic rings. The molecule has 2 heterocycles. The summed E-state index contributed by atoms with van der Waals surface area (Å²) in [5.41, 5.74) is 1.42. The van der Waals surface area contributed by atoms with E-state index in [0.29, 0.717) is 24.7 Å². The van der Waals surface area contributed by atoms with Crippen LogP contribution in [0.25, 0.3) is 6.08 Å². The van der Waals surface area contributed by atoms with Crippen molar-refractivity contribution < 1.29 is 19.0 Å². The molecule has 2 fully saturated rings. The fraction of sp³-hybridized carbons (Fsp3) is 0.438. The summed E-state index contributed by atoms with van der Waals surface area (Å²) in [4.78, 5) is 12.2. The third-order valence-corrected chi connectivity index (χ3v) is 3.87. The first-order valence-corrected chi connectivity index (χ1v) is 6.85. The molecular weight excluding hydrogens is 256 g/mol. The number of rotatable bonds is 3. The highest BCUT2D eigenvalue weighted by Gasteiger charge is 2.47. The van der Waals surface area contributed by atoms with Crippen molar-refractivity contribution in [2.24, 2.45) is 5.92 Å². The molecule has 0 aliphatic carbocycles. The Balaban J connectivity index is 1.68. The zero-order valence-electron chi connectivity index (χ0n) is 11.5. The van der Waals surface area contributed by atoms with Crippen LogP contribution in [0.4, 0.5) is 0 Å². The van der Waals surface area contributed by atoms with E-state index in [1.165, 1.54) is 0 Å². The van der Waals surface area contributed by atoms with Gasteiger partial charge in [0.1, 0.15) is 6.10 Å². The van der Waals surface area contributed by atoms with Crippen LogP contribution in [0.5, 0.6) is 0 Å². The first kappa shape index (κ1) is 13.3. The van der Waals surface area contributed by atoms with E-state index in [2.05, 4.69) is 13.5 Å². The second-order valence-electron chi connectivity index (χ2n) is 5.35. The molecule has 4 nitrogen and oxygen atoms in total. The largest absolute Gasteiger partial charge is 0.453 e. The van der Waals surface area contributed by atoms with Gasteiger partial charge in [0, 0.05) is 5.92 Å². The van der Waals surface area contributed by atoms with Gasteiger partial charge in [0.15, 0.2) is 6.10 Å². The van der Waals surface area contributed by atoms with Crippen LogP contribution in [-0.4, -0.2) is 37.5 Å². The average molecular weight is 274 g/mol. The van der Waals surface area contributed by atoms with Gasteiger partial charge in [-0.15, -0.1) is 0 Å². The molecule has 106 valence electrons. The highest BCUT2D eigenvalue weighted by molar-refractivity contribution is 5.90. The molecule has 0 amide bonds. The summed E-state index contributed by atoms with van der Waals surface area (Å²) >= 11 is 0. The van der Waals surface area contributed by atoms with Crippen LogP contribution in [0.3, 0.4) is 0 Å². The summed E-state index contributed by atoms with van der Waals surface area (Å²) in [6.07, 6.45) is 1.31. The van der Waals surface area contributed by atoms with Crippen molar-refractivity contribution in [2.45, 2.75) is 25.2 Å². The van der Waals surface area contributed by atoms with Gasteiger partial charge in [0.25, 0.3) is 0 Å². The molecule has 3 rings (SSSR count). The van der Waals surface area contributed by atoms with Crippen molar-refractivity contribution in [3.8, 4) is 0 Å². The monoisotopic (exact) mass is 274 g/mol. The zero-order valence-corrected chi connectivity index (χ0v) is 11.5. The summed E-state index contributed by atoms with van der Waals surface area (Å²) in [7, 11) is 0. The van der Waals surface area contributed by atoms with Crippen LogP contribution in [0, 0.1) is 5.92 Å². The highest BCUT2D eigenvalue weighted by atomic mass is 16.6. The number of hydrogen-bond donors (Lipinski definition) is 0. The second kappa shape index (κ2) is 5.38. The number of carbonyl (C=O) groups is 1. The first-order chi connectivity index (χ1) is 9.69. The van der Waals surface area contributed by atoms with Gasteiger partial charge in [0.05, 0.1) is 24.9 Å². The SMILES string of the molecule is C=Cc1cccc(C(=O)OC2COC3C(C)COC23)c1. The van der Waals surface area contributed by atoms with E-state index in [-0.39, 0.29) is 24.3 Å². The van der Waals surface area contributed by atoms with Crippen LogP contribution < -0.4 is 0 Å². The van der Waals surface area contributed by atoms with E-state index in [4.69, 9.17) is 14.2 Å². The Morgan fingerprint density at radius 3 is 2.95 bits per heavy atom. The maximum Gasteiger partial charge on any atom is 0.338 e. The lowest BCUT2D eigenvalue weighted by molar-refractivity contribution is -0.0158. The Morgan fingerprint density at radius 1 is 1.35 bits per heavy atom. The minimum Gasteiger partial charge on any atom is -0.453 e. The van der Waals surface area contributed by atoms with Gasteiger partial charge < -0.3 is 14.2 Å². The molecule has 2 aliphatic rings. The second-order valence-corrected chi connectivity index (χ2v) is 5.35. The van der Waals surface area contributed by atoms with Crippen LogP contribution >= 0.6 is 0 Å². The highest BCUT2D eigenvalue weighted by Crippen LogP contribution is 2.32. The molecule has 0 bridgehead atoms. The number of benzene rings is 1. The van der Waals surface area contributed by atoms with Crippen molar-refractivity contribution in [1.29, 1.82) is 0 Å². The maximum absolute atomic E-state index is 12.2. The molecule has 1 aromatic carbocycles. The van der Waals surface area contributed by atoms with Crippen LogP contribution in [-0.2, 0) is 14.2 Å². The standard InChI is InChI=1S/C16H18O4/c1-3-11-5-4-6-12(7-11)16(17)20-13-9-19-14-10(2)8-18-15(13)14/h3-7,10,13-15H,1,8-9H2,2H3. The lowest BCUT2D eigenvalue weighted by Gasteiger charge is -2.16. The van der Waals surface area contributed by atoms with E-state index in [1.54, 1.807) is 18.2 Å². The quantitative estimate of drug-likeness (QED) is 0.793. The van der Waals surface area contributed by atoms with Crippen molar-refractivity contribution in [2.75, 3.05) is 13.2 Å². The molecule has 4 unspecified atom stereocenters. The number of ether oxygens (including phenoxy) is 3. The predicted octanol–water partition coefficient (Wildman–Crippen LogP) is 2.29. The Kier molecular flexibility index (Phi) is 3.59. The lowest BCUT2D eigenvalue weighted by atomic mass is 10.0. The summed E-state index contributed by atoms with van der Waals surface area (Å²) in [6.45, 7) is 6.85. The lowest BCUT2D eigenvalue weighted by Crippen LogP contribution is -2.32. The molecule has 2 saturated heterocycles. The average Bonchev–Trinajstić information content (AvgIpc) is 3.03. The minimum absolute atomic E-state index is 0.0484. The zero-order chi connectivity index (χ0) is 14.1. The Hall–Kier alpha value is -1.65. The molecule has 4 atom stereocenters. The maximum atomic E-state index is 12.2. The van der Waals surface area contributed by atoms with E-state index in [9.17, 15) is 4.79 Å². The predicted molar refractivity (Wildman–Crippen MR) is 74.4 cm³/mol. The topological polar surface area (TPSA) is 44.8 Å². The van der Waals surface area contributed by atoms with Gasteiger partial charge in [-0.2, -0.15) is 0 Å². The Labute approximate surface area is 118 Å². The van der Waals surface area contributed by atoms with Crippen LogP contribution in [0.1, 0.15) is 22.8 Å². The van der Waals surface area contributed by atoms with Crippen molar-refractivity contribution in [1.82, 2.24) is 0 Å². The van der Waals surface area contributed by atoms with E-state index >= 15 is 0 Å². The molecule has 20 heavy (non-hydrogen) atoms. The summed E-state index contributed by atoms with van der Waals surface area (Å²) in [5.74, 6) is 0.0129. The summed E-state index contributed by atoms with van der Waals surface area (Å²) in [6, 6.07) is 7.21.